The van der Waals surface area contributed by atoms with Gasteiger partial charge in [0, 0.05) is 23.7 Å². The van der Waals surface area contributed by atoms with Gasteiger partial charge in [-0.1, -0.05) is 12.1 Å². The summed E-state index contributed by atoms with van der Waals surface area (Å²) in [4.78, 5) is 17.2. The molecule has 2 aromatic carbocycles. The Labute approximate surface area is 165 Å². The normalized spacial score (nSPS) is 10.9. The Kier molecular flexibility index (Phi) is 5.24. The minimum atomic E-state index is -0.365. The lowest BCUT2D eigenvalue weighted by Crippen LogP contribution is -2.10. The van der Waals surface area contributed by atoms with Crippen LogP contribution in [-0.4, -0.2) is 33.6 Å². The Morgan fingerprint density at radius 1 is 0.966 bits per heavy atom. The fraction of sp³-hybridized carbons (Fsp3) is 0.143. The molecule has 0 aliphatic carbocycles. The number of methoxy groups -OCH3 is 1. The third-order valence-corrected chi connectivity index (χ3v) is 4.36. The maximum Gasteiger partial charge on any atom is 0.321 e. The summed E-state index contributed by atoms with van der Waals surface area (Å²) in [6, 6.07) is 12.7. The second-order valence-electron chi connectivity index (χ2n) is 6.27. The molecule has 0 unspecified atom stereocenters. The SMILES string of the molecule is COc1nc(NCCc2ccc(F)cc2)nc(-c2ccc(F)c3cccnc23)n1. The predicted molar refractivity (Wildman–Crippen MR) is 106 cm³/mol. The van der Waals surface area contributed by atoms with E-state index in [1.165, 1.54) is 25.3 Å². The summed E-state index contributed by atoms with van der Waals surface area (Å²) >= 11 is 0. The van der Waals surface area contributed by atoms with Crippen molar-refractivity contribution in [3.63, 3.8) is 0 Å². The number of nitrogens with one attached hydrogen (secondary N) is 1. The van der Waals surface area contributed by atoms with Gasteiger partial charge in [0.1, 0.15) is 11.6 Å². The number of fused-ring (bicyclic) bond motifs is 1. The van der Waals surface area contributed by atoms with Gasteiger partial charge < -0.3 is 10.1 Å². The summed E-state index contributed by atoms with van der Waals surface area (Å²) < 4.78 is 32.3. The van der Waals surface area contributed by atoms with Crippen LogP contribution in [0.4, 0.5) is 14.7 Å². The largest absolute Gasteiger partial charge is 0.467 e. The minimum Gasteiger partial charge on any atom is -0.467 e. The Bertz CT molecular complexity index is 1150. The number of rotatable bonds is 6. The highest BCUT2D eigenvalue weighted by Gasteiger charge is 2.14. The number of hydrogen-bond donors (Lipinski definition) is 1. The standard InChI is InChI=1S/C21H17F2N5O/c1-29-21-27-19(16-8-9-17(23)15-3-2-11-24-18(15)16)26-20(28-21)25-12-10-13-4-6-14(22)7-5-13/h2-9,11H,10,12H2,1H3,(H,25,26,27,28). The molecule has 0 radical (unpaired) electrons. The number of benzene rings is 2. The molecule has 0 fully saturated rings. The smallest absolute Gasteiger partial charge is 0.321 e. The van der Waals surface area contributed by atoms with Crippen LogP contribution in [0.2, 0.25) is 0 Å². The lowest BCUT2D eigenvalue weighted by Gasteiger charge is -2.10. The third-order valence-electron chi connectivity index (χ3n) is 4.36. The fourth-order valence-electron chi connectivity index (χ4n) is 2.94. The molecule has 4 aromatic rings. The average Bonchev–Trinajstić information content (AvgIpc) is 2.75. The third kappa shape index (κ3) is 4.11. The first kappa shape index (κ1) is 18.7. The summed E-state index contributed by atoms with van der Waals surface area (Å²) in [6.07, 6.45) is 2.25. The van der Waals surface area contributed by atoms with Crippen molar-refractivity contribution < 1.29 is 13.5 Å². The molecule has 146 valence electrons. The number of halogens is 2. The highest BCUT2D eigenvalue weighted by Crippen LogP contribution is 2.27. The van der Waals surface area contributed by atoms with Crippen LogP contribution in [-0.2, 0) is 6.42 Å². The van der Waals surface area contributed by atoms with Crippen molar-refractivity contribution in [2.45, 2.75) is 6.42 Å². The zero-order valence-electron chi connectivity index (χ0n) is 15.6. The molecule has 0 aliphatic rings. The molecule has 6 nitrogen and oxygen atoms in total. The topological polar surface area (TPSA) is 72.8 Å². The van der Waals surface area contributed by atoms with Crippen LogP contribution < -0.4 is 10.1 Å². The van der Waals surface area contributed by atoms with Gasteiger partial charge in [-0.05, 0) is 48.4 Å². The molecule has 0 amide bonds. The quantitative estimate of drug-likeness (QED) is 0.533. The zero-order chi connectivity index (χ0) is 20.2. The zero-order valence-corrected chi connectivity index (χ0v) is 15.6. The summed E-state index contributed by atoms with van der Waals surface area (Å²) in [5, 5.41) is 3.51. The summed E-state index contributed by atoms with van der Waals surface area (Å²) in [7, 11) is 1.46. The van der Waals surface area contributed by atoms with E-state index in [9.17, 15) is 8.78 Å². The number of ether oxygens (including phenoxy) is 1. The molecule has 0 saturated heterocycles. The number of pyridine rings is 1. The molecule has 2 heterocycles. The number of nitrogens with zero attached hydrogens (tertiary/aromatic N) is 4. The lowest BCUT2D eigenvalue weighted by atomic mass is 10.1. The van der Waals surface area contributed by atoms with E-state index in [2.05, 4.69) is 25.3 Å². The van der Waals surface area contributed by atoms with E-state index >= 15 is 0 Å². The predicted octanol–water partition coefficient (Wildman–Crippen LogP) is 4.03. The minimum absolute atomic E-state index is 0.132. The first-order chi connectivity index (χ1) is 14.1. The van der Waals surface area contributed by atoms with Crippen molar-refractivity contribution in [3.05, 3.63) is 71.9 Å². The van der Waals surface area contributed by atoms with E-state index < -0.39 is 0 Å². The maximum atomic E-state index is 14.1. The Hall–Kier alpha value is -3.68. The molecule has 4 rings (SSSR count). The first-order valence-corrected chi connectivity index (χ1v) is 8.96. The maximum absolute atomic E-state index is 14.1. The highest BCUT2D eigenvalue weighted by atomic mass is 19.1. The number of hydrogen-bond acceptors (Lipinski definition) is 6. The summed E-state index contributed by atoms with van der Waals surface area (Å²) in [6.45, 7) is 0.528. The second kappa shape index (κ2) is 8.14. The van der Waals surface area contributed by atoms with Gasteiger partial charge in [-0.15, -0.1) is 0 Å². The summed E-state index contributed by atoms with van der Waals surface area (Å²) in [5.74, 6) is 0.0106. The lowest BCUT2D eigenvalue weighted by molar-refractivity contribution is 0.379. The van der Waals surface area contributed by atoms with E-state index in [4.69, 9.17) is 4.74 Å². The Balaban J connectivity index is 1.62. The Morgan fingerprint density at radius 2 is 1.79 bits per heavy atom. The van der Waals surface area contributed by atoms with E-state index in [1.807, 2.05) is 0 Å². The van der Waals surface area contributed by atoms with E-state index in [0.717, 1.165) is 5.56 Å². The van der Waals surface area contributed by atoms with E-state index in [0.29, 0.717) is 41.2 Å². The monoisotopic (exact) mass is 393 g/mol. The molecule has 8 heteroatoms. The molecule has 29 heavy (non-hydrogen) atoms. The van der Waals surface area contributed by atoms with Gasteiger partial charge in [0.25, 0.3) is 0 Å². The second-order valence-corrected chi connectivity index (χ2v) is 6.27. The average molecular weight is 393 g/mol. The molecule has 1 N–H and O–H groups in total. The van der Waals surface area contributed by atoms with Crippen molar-refractivity contribution in [1.29, 1.82) is 0 Å². The highest BCUT2D eigenvalue weighted by molar-refractivity contribution is 5.92. The van der Waals surface area contributed by atoms with Gasteiger partial charge in [-0.25, -0.2) is 8.78 Å². The van der Waals surface area contributed by atoms with Gasteiger partial charge in [0.05, 0.1) is 12.6 Å². The Morgan fingerprint density at radius 3 is 2.59 bits per heavy atom. The molecule has 0 bridgehead atoms. The van der Waals surface area contributed by atoms with Crippen molar-refractivity contribution in [2.75, 3.05) is 19.0 Å². The van der Waals surface area contributed by atoms with Crippen LogP contribution in [0.25, 0.3) is 22.3 Å². The number of anilines is 1. The molecule has 0 atom stereocenters. The van der Waals surface area contributed by atoms with Gasteiger partial charge >= 0.3 is 6.01 Å². The van der Waals surface area contributed by atoms with Crippen LogP contribution in [0.5, 0.6) is 6.01 Å². The van der Waals surface area contributed by atoms with Crippen LogP contribution in [0.3, 0.4) is 0 Å². The van der Waals surface area contributed by atoms with Gasteiger partial charge in [0.15, 0.2) is 5.82 Å². The van der Waals surface area contributed by atoms with Crippen molar-refractivity contribution in [1.82, 2.24) is 19.9 Å². The molecule has 0 saturated carbocycles. The summed E-state index contributed by atoms with van der Waals surface area (Å²) in [5.41, 5.74) is 2.01. The van der Waals surface area contributed by atoms with Crippen LogP contribution >= 0.6 is 0 Å². The molecule has 2 aromatic heterocycles. The van der Waals surface area contributed by atoms with Gasteiger partial charge in [0.2, 0.25) is 5.95 Å². The molecule has 0 spiro atoms. The van der Waals surface area contributed by atoms with Gasteiger partial charge in [-0.2, -0.15) is 15.0 Å². The molecule has 0 aliphatic heterocycles. The number of aromatic nitrogens is 4. The first-order valence-electron chi connectivity index (χ1n) is 8.96. The fourth-order valence-corrected chi connectivity index (χ4v) is 2.94. The van der Waals surface area contributed by atoms with Crippen LogP contribution in [0.15, 0.2) is 54.7 Å². The van der Waals surface area contributed by atoms with Crippen molar-refractivity contribution >= 4 is 16.9 Å². The van der Waals surface area contributed by atoms with Crippen molar-refractivity contribution in [3.8, 4) is 17.4 Å². The van der Waals surface area contributed by atoms with Crippen LogP contribution in [0.1, 0.15) is 5.56 Å². The van der Waals surface area contributed by atoms with Gasteiger partial charge in [-0.3, -0.25) is 4.98 Å². The van der Waals surface area contributed by atoms with Crippen LogP contribution in [0, 0.1) is 11.6 Å². The molecular formula is C21H17F2N5O. The van der Waals surface area contributed by atoms with E-state index in [1.54, 1.807) is 36.5 Å². The van der Waals surface area contributed by atoms with Crippen molar-refractivity contribution in [2.24, 2.45) is 0 Å². The van der Waals surface area contributed by atoms with E-state index in [-0.39, 0.29) is 17.6 Å². The molecular weight excluding hydrogens is 376 g/mol.